The highest BCUT2D eigenvalue weighted by molar-refractivity contribution is 5.96. The summed E-state index contributed by atoms with van der Waals surface area (Å²) >= 11 is 0. The van der Waals surface area contributed by atoms with Gasteiger partial charge >= 0.3 is 5.97 Å². The Morgan fingerprint density at radius 2 is 1.87 bits per heavy atom. The summed E-state index contributed by atoms with van der Waals surface area (Å²) < 4.78 is 14.9. The first kappa shape index (κ1) is 16.3. The molecule has 0 fully saturated rings. The van der Waals surface area contributed by atoms with Crippen molar-refractivity contribution in [2.45, 2.75) is 13.0 Å². The Morgan fingerprint density at radius 3 is 2.52 bits per heavy atom. The Morgan fingerprint density at radius 1 is 1.13 bits per heavy atom. The van der Waals surface area contributed by atoms with Crippen LogP contribution in [0.4, 0.5) is 0 Å². The average molecular weight is 320 g/mol. The van der Waals surface area contributed by atoms with Gasteiger partial charge in [0.1, 0.15) is 19.5 Å². The summed E-state index contributed by atoms with van der Waals surface area (Å²) in [5, 5.41) is 0. The zero-order valence-corrected chi connectivity index (χ0v) is 12.4. The SMILES string of the molecule is C[C@H](OC(=O)C1=COCCO1)C(=O)NNC(=O)c1ccccc1. The molecule has 1 aliphatic heterocycles. The number of carbonyl (C=O) groups is 3. The van der Waals surface area contributed by atoms with Gasteiger partial charge in [0, 0.05) is 5.56 Å². The van der Waals surface area contributed by atoms with Crippen molar-refractivity contribution >= 4 is 17.8 Å². The number of carbonyl (C=O) groups excluding carboxylic acids is 3. The van der Waals surface area contributed by atoms with E-state index in [9.17, 15) is 14.4 Å². The summed E-state index contributed by atoms with van der Waals surface area (Å²) in [5.74, 6) is -2.09. The van der Waals surface area contributed by atoms with E-state index in [0.717, 1.165) is 6.26 Å². The van der Waals surface area contributed by atoms with Gasteiger partial charge < -0.3 is 14.2 Å². The molecule has 0 aliphatic carbocycles. The number of benzene rings is 1. The Kier molecular flexibility index (Phi) is 5.56. The Hall–Kier alpha value is -3.03. The molecule has 0 bridgehead atoms. The molecule has 23 heavy (non-hydrogen) atoms. The van der Waals surface area contributed by atoms with Crippen molar-refractivity contribution in [1.29, 1.82) is 0 Å². The van der Waals surface area contributed by atoms with Gasteiger partial charge in [0.15, 0.2) is 6.10 Å². The number of nitrogens with one attached hydrogen (secondary N) is 2. The first-order chi connectivity index (χ1) is 11.1. The molecule has 0 unspecified atom stereocenters. The van der Waals surface area contributed by atoms with Crippen LogP contribution in [-0.4, -0.2) is 37.1 Å². The third-order valence-corrected chi connectivity index (χ3v) is 2.84. The van der Waals surface area contributed by atoms with Crippen LogP contribution in [0, 0.1) is 0 Å². The van der Waals surface area contributed by atoms with E-state index >= 15 is 0 Å². The van der Waals surface area contributed by atoms with E-state index in [-0.39, 0.29) is 12.4 Å². The minimum Gasteiger partial charge on any atom is -0.493 e. The largest absolute Gasteiger partial charge is 0.493 e. The molecular formula is C15H16N2O6. The maximum absolute atomic E-state index is 11.8. The minimum absolute atomic E-state index is 0.107. The van der Waals surface area contributed by atoms with Crippen LogP contribution >= 0.6 is 0 Å². The molecule has 0 radical (unpaired) electrons. The van der Waals surface area contributed by atoms with E-state index in [4.69, 9.17) is 14.2 Å². The number of hydrogen-bond donors (Lipinski definition) is 2. The monoisotopic (exact) mass is 320 g/mol. The number of ether oxygens (including phenoxy) is 3. The predicted molar refractivity (Wildman–Crippen MR) is 77.6 cm³/mol. The number of amides is 2. The normalized spacial score (nSPS) is 14.4. The van der Waals surface area contributed by atoms with Gasteiger partial charge in [0.25, 0.3) is 11.8 Å². The van der Waals surface area contributed by atoms with Crippen LogP contribution < -0.4 is 10.9 Å². The number of rotatable bonds is 4. The second-order valence-electron chi connectivity index (χ2n) is 4.56. The third kappa shape index (κ3) is 4.73. The van der Waals surface area contributed by atoms with Crippen LogP contribution in [-0.2, 0) is 23.8 Å². The predicted octanol–water partition coefficient (Wildman–Crippen LogP) is 0.268. The lowest BCUT2D eigenvalue weighted by atomic mass is 10.2. The van der Waals surface area contributed by atoms with Crippen LogP contribution in [0.15, 0.2) is 42.4 Å². The summed E-state index contributed by atoms with van der Waals surface area (Å²) in [6.45, 7) is 1.94. The second-order valence-corrected chi connectivity index (χ2v) is 4.56. The molecule has 8 heteroatoms. The smallest absolute Gasteiger partial charge is 0.377 e. The van der Waals surface area contributed by atoms with Crippen molar-refractivity contribution in [3.8, 4) is 0 Å². The maximum Gasteiger partial charge on any atom is 0.377 e. The topological polar surface area (TPSA) is 103 Å². The number of esters is 1. The van der Waals surface area contributed by atoms with Crippen molar-refractivity contribution in [3.05, 3.63) is 47.9 Å². The van der Waals surface area contributed by atoms with Gasteiger partial charge in [-0.05, 0) is 19.1 Å². The van der Waals surface area contributed by atoms with Crippen molar-refractivity contribution in [3.63, 3.8) is 0 Å². The molecule has 2 amide bonds. The van der Waals surface area contributed by atoms with Gasteiger partial charge in [-0.25, -0.2) is 4.79 Å². The molecule has 1 heterocycles. The molecule has 0 spiro atoms. The first-order valence-corrected chi connectivity index (χ1v) is 6.88. The fourth-order valence-corrected chi connectivity index (χ4v) is 1.63. The first-order valence-electron chi connectivity index (χ1n) is 6.88. The molecule has 0 saturated heterocycles. The van der Waals surface area contributed by atoms with Crippen LogP contribution in [0.5, 0.6) is 0 Å². The van der Waals surface area contributed by atoms with Crippen molar-refractivity contribution < 1.29 is 28.6 Å². The molecule has 1 atom stereocenters. The van der Waals surface area contributed by atoms with E-state index in [1.165, 1.54) is 6.92 Å². The highest BCUT2D eigenvalue weighted by Gasteiger charge is 2.23. The van der Waals surface area contributed by atoms with Crippen LogP contribution in [0.1, 0.15) is 17.3 Å². The molecule has 1 aliphatic rings. The molecule has 1 aromatic rings. The summed E-state index contributed by atoms with van der Waals surface area (Å²) in [7, 11) is 0. The van der Waals surface area contributed by atoms with Gasteiger partial charge in [0.2, 0.25) is 5.76 Å². The van der Waals surface area contributed by atoms with Gasteiger partial charge in [-0.3, -0.25) is 20.4 Å². The molecule has 2 rings (SSSR count). The minimum atomic E-state index is -1.12. The zero-order chi connectivity index (χ0) is 16.7. The standard InChI is InChI=1S/C15H16N2O6/c1-10(23-15(20)12-9-21-7-8-22-12)13(18)16-17-14(19)11-5-3-2-4-6-11/h2-6,9-10H,7-8H2,1H3,(H,16,18)(H,17,19)/t10-/m0/s1. The van der Waals surface area contributed by atoms with Crippen molar-refractivity contribution in [2.75, 3.05) is 13.2 Å². The highest BCUT2D eigenvalue weighted by atomic mass is 16.6. The van der Waals surface area contributed by atoms with E-state index in [1.807, 2.05) is 0 Å². The molecule has 8 nitrogen and oxygen atoms in total. The van der Waals surface area contributed by atoms with Gasteiger partial charge in [-0.2, -0.15) is 0 Å². The fourth-order valence-electron chi connectivity index (χ4n) is 1.63. The van der Waals surface area contributed by atoms with Gasteiger partial charge in [0.05, 0.1) is 0 Å². The van der Waals surface area contributed by atoms with E-state index < -0.39 is 23.9 Å². The molecule has 1 aromatic carbocycles. The average Bonchev–Trinajstić information content (AvgIpc) is 2.60. The Labute approximate surface area is 132 Å². The van der Waals surface area contributed by atoms with Crippen molar-refractivity contribution in [2.24, 2.45) is 0 Å². The summed E-state index contributed by atoms with van der Waals surface area (Å²) in [5.41, 5.74) is 4.80. The molecule has 2 N–H and O–H groups in total. The summed E-state index contributed by atoms with van der Waals surface area (Å²) in [6, 6.07) is 8.35. The van der Waals surface area contributed by atoms with Gasteiger partial charge in [-0.15, -0.1) is 0 Å². The summed E-state index contributed by atoms with van der Waals surface area (Å²) in [4.78, 5) is 35.3. The van der Waals surface area contributed by atoms with E-state index in [1.54, 1.807) is 30.3 Å². The fraction of sp³-hybridized carbons (Fsp3) is 0.267. The van der Waals surface area contributed by atoms with Gasteiger partial charge in [-0.1, -0.05) is 18.2 Å². The molecular weight excluding hydrogens is 304 g/mol. The lowest BCUT2D eigenvalue weighted by Gasteiger charge is -2.17. The van der Waals surface area contributed by atoms with Crippen molar-refractivity contribution in [1.82, 2.24) is 10.9 Å². The quantitative estimate of drug-likeness (QED) is 0.610. The molecule has 122 valence electrons. The molecule has 0 saturated carbocycles. The maximum atomic E-state index is 11.8. The Bertz CT molecular complexity index is 614. The molecule has 0 aromatic heterocycles. The Balaban J connectivity index is 1.79. The van der Waals surface area contributed by atoms with Crippen LogP contribution in [0.25, 0.3) is 0 Å². The second kappa shape index (κ2) is 7.83. The van der Waals surface area contributed by atoms with Crippen LogP contribution in [0.3, 0.4) is 0 Å². The van der Waals surface area contributed by atoms with E-state index in [2.05, 4.69) is 10.9 Å². The number of hydrogen-bond acceptors (Lipinski definition) is 6. The lowest BCUT2D eigenvalue weighted by molar-refractivity contribution is -0.155. The highest BCUT2D eigenvalue weighted by Crippen LogP contribution is 2.08. The van der Waals surface area contributed by atoms with E-state index in [0.29, 0.717) is 12.2 Å². The third-order valence-electron chi connectivity index (χ3n) is 2.84. The van der Waals surface area contributed by atoms with Crippen LogP contribution in [0.2, 0.25) is 0 Å². The lowest BCUT2D eigenvalue weighted by Crippen LogP contribution is -2.46. The summed E-state index contributed by atoms with van der Waals surface area (Å²) in [6.07, 6.45) is 0.0122. The number of hydrazine groups is 1. The zero-order valence-electron chi connectivity index (χ0n) is 12.4.